The molecule has 1 amide bonds. The van der Waals surface area contributed by atoms with E-state index in [1.807, 2.05) is 0 Å². The molecule has 11 heteroatoms. The van der Waals surface area contributed by atoms with Crippen LogP contribution in [0.5, 0.6) is 0 Å². The normalized spacial score (nSPS) is 14.9. The predicted molar refractivity (Wildman–Crippen MR) is 150 cm³/mol. The first-order valence-electron chi connectivity index (χ1n) is 11.7. The van der Waals surface area contributed by atoms with Crippen molar-refractivity contribution < 1.29 is 23.9 Å². The predicted octanol–water partition coefficient (Wildman–Crippen LogP) is 5.14. The van der Waals surface area contributed by atoms with Crippen molar-refractivity contribution in [2.75, 3.05) is 24.4 Å². The number of esters is 2. The Bertz CT molecular complexity index is 1590. The van der Waals surface area contributed by atoms with E-state index in [1.165, 1.54) is 12.1 Å². The largest absolute Gasteiger partial charge is 0.466 e. The fourth-order valence-corrected chi connectivity index (χ4v) is 4.91. The molecule has 40 heavy (non-hydrogen) atoms. The van der Waals surface area contributed by atoms with Crippen molar-refractivity contribution in [2.24, 2.45) is 5.73 Å². The summed E-state index contributed by atoms with van der Waals surface area (Å²) in [6.07, 6.45) is 0. The van der Waals surface area contributed by atoms with Gasteiger partial charge >= 0.3 is 11.9 Å². The van der Waals surface area contributed by atoms with Crippen LogP contribution in [0.25, 0.3) is 0 Å². The Kier molecular flexibility index (Phi) is 8.43. The minimum absolute atomic E-state index is 0.0301. The highest BCUT2D eigenvalue weighted by Crippen LogP contribution is 2.44. The zero-order valence-electron chi connectivity index (χ0n) is 21.3. The fourth-order valence-electron chi connectivity index (χ4n) is 4.42. The fraction of sp³-hybridized carbons (Fsp3) is 0.103. The lowest BCUT2D eigenvalue weighted by molar-refractivity contribution is -0.139. The van der Waals surface area contributed by atoms with Crippen molar-refractivity contribution in [3.8, 4) is 6.07 Å². The summed E-state index contributed by atoms with van der Waals surface area (Å²) in [6.45, 7) is 0. The van der Waals surface area contributed by atoms with Crippen LogP contribution in [0.2, 0.25) is 10.0 Å². The number of nitrogens with zero attached hydrogens (tertiary/aromatic N) is 2. The van der Waals surface area contributed by atoms with Gasteiger partial charge in [0, 0.05) is 0 Å². The number of halogens is 2. The number of anilines is 2. The van der Waals surface area contributed by atoms with Crippen LogP contribution in [-0.4, -0.2) is 32.1 Å². The van der Waals surface area contributed by atoms with Crippen molar-refractivity contribution >= 4 is 52.4 Å². The number of rotatable bonds is 6. The standard InChI is InChI=1S/C29H22Cl2N4O5/c1-39-28(37)23-22(16-9-4-3-5-10-16)18(15-32)26(33)35(25(23)29(38)40-2)21-14-7-6-11-17(21)27(36)34-24-19(30)12-8-13-20(24)31/h3-14,22H,33H2,1-2H3,(H,34,36). The van der Waals surface area contributed by atoms with Gasteiger partial charge in [-0.05, 0) is 29.8 Å². The van der Waals surface area contributed by atoms with Gasteiger partial charge in [0.15, 0.2) is 0 Å². The number of hydrogen-bond donors (Lipinski definition) is 2. The van der Waals surface area contributed by atoms with Gasteiger partial charge in [-0.1, -0.05) is 71.7 Å². The van der Waals surface area contributed by atoms with E-state index in [9.17, 15) is 19.6 Å². The number of nitriles is 1. The number of nitrogens with one attached hydrogen (secondary N) is 1. The summed E-state index contributed by atoms with van der Waals surface area (Å²) in [5.74, 6) is -3.70. The lowest BCUT2D eigenvalue weighted by atomic mass is 9.80. The Morgan fingerprint density at radius 2 is 1.50 bits per heavy atom. The molecule has 1 aliphatic rings. The number of allylic oxidation sites excluding steroid dienone is 1. The molecule has 202 valence electrons. The number of hydrogen-bond acceptors (Lipinski definition) is 8. The Hall–Kier alpha value is -4.78. The van der Waals surface area contributed by atoms with Gasteiger partial charge in [-0.2, -0.15) is 5.26 Å². The molecule has 4 rings (SSSR count). The summed E-state index contributed by atoms with van der Waals surface area (Å²) in [5, 5.41) is 13.3. The van der Waals surface area contributed by atoms with Crippen LogP contribution in [-0.2, 0) is 19.1 Å². The van der Waals surface area contributed by atoms with Gasteiger partial charge in [0.05, 0.1) is 64.3 Å². The first kappa shape index (κ1) is 28.2. The van der Waals surface area contributed by atoms with E-state index in [1.54, 1.807) is 60.7 Å². The van der Waals surface area contributed by atoms with E-state index in [0.717, 1.165) is 19.1 Å². The second kappa shape index (κ2) is 11.9. The van der Waals surface area contributed by atoms with Crippen molar-refractivity contribution in [1.82, 2.24) is 0 Å². The van der Waals surface area contributed by atoms with Gasteiger partial charge in [0.2, 0.25) is 0 Å². The Balaban J connectivity index is 1.99. The number of nitrogens with two attached hydrogens (primary N) is 1. The van der Waals surface area contributed by atoms with Crippen LogP contribution in [0.1, 0.15) is 21.8 Å². The minimum Gasteiger partial charge on any atom is -0.466 e. The zero-order valence-corrected chi connectivity index (χ0v) is 22.8. The average Bonchev–Trinajstić information content (AvgIpc) is 2.98. The molecule has 1 unspecified atom stereocenters. The van der Waals surface area contributed by atoms with E-state index >= 15 is 0 Å². The number of ether oxygens (including phenoxy) is 2. The second-order valence-electron chi connectivity index (χ2n) is 8.40. The SMILES string of the molecule is COC(=O)C1=C(C(=O)OC)N(c2ccccc2C(=O)Nc2c(Cl)cccc2Cl)C(N)=C(C#N)C1c1ccccc1. The maximum atomic E-state index is 13.5. The highest BCUT2D eigenvalue weighted by molar-refractivity contribution is 6.40. The molecular formula is C29H22Cl2N4O5. The Morgan fingerprint density at radius 3 is 2.10 bits per heavy atom. The van der Waals surface area contributed by atoms with Crippen molar-refractivity contribution in [3.05, 3.63) is 117 Å². The molecule has 3 aromatic carbocycles. The first-order chi connectivity index (χ1) is 19.2. The molecule has 0 saturated carbocycles. The third-order valence-corrected chi connectivity index (χ3v) is 6.83. The molecule has 0 spiro atoms. The molecule has 0 fully saturated rings. The molecule has 0 bridgehead atoms. The zero-order chi connectivity index (χ0) is 29.0. The molecule has 0 saturated heterocycles. The molecule has 3 aromatic rings. The van der Waals surface area contributed by atoms with Crippen LogP contribution >= 0.6 is 23.2 Å². The second-order valence-corrected chi connectivity index (χ2v) is 9.22. The third-order valence-electron chi connectivity index (χ3n) is 6.20. The maximum absolute atomic E-state index is 13.5. The van der Waals surface area contributed by atoms with Crippen LogP contribution in [0.15, 0.2) is 95.5 Å². The topological polar surface area (TPSA) is 135 Å². The van der Waals surface area contributed by atoms with Gasteiger partial charge < -0.3 is 20.5 Å². The smallest absolute Gasteiger partial charge is 0.355 e. The average molecular weight is 577 g/mol. The van der Waals surface area contributed by atoms with E-state index in [-0.39, 0.29) is 49.6 Å². The molecule has 1 heterocycles. The molecule has 1 aliphatic heterocycles. The monoisotopic (exact) mass is 576 g/mol. The molecule has 1 atom stereocenters. The number of amides is 1. The summed E-state index contributed by atoms with van der Waals surface area (Å²) < 4.78 is 10.1. The summed E-state index contributed by atoms with van der Waals surface area (Å²) in [7, 11) is 2.29. The quantitative estimate of drug-likeness (QED) is 0.385. The van der Waals surface area contributed by atoms with Gasteiger partial charge in [0.25, 0.3) is 5.91 Å². The maximum Gasteiger partial charge on any atom is 0.355 e. The highest BCUT2D eigenvalue weighted by atomic mass is 35.5. The van der Waals surface area contributed by atoms with Crippen LogP contribution in [0.3, 0.4) is 0 Å². The molecule has 9 nitrogen and oxygen atoms in total. The van der Waals surface area contributed by atoms with Crippen molar-refractivity contribution in [1.29, 1.82) is 5.26 Å². The number of para-hydroxylation sites is 2. The van der Waals surface area contributed by atoms with Gasteiger partial charge in [-0.15, -0.1) is 0 Å². The summed E-state index contributed by atoms with van der Waals surface area (Å²) >= 11 is 12.5. The first-order valence-corrected chi connectivity index (χ1v) is 12.5. The molecular weight excluding hydrogens is 555 g/mol. The van der Waals surface area contributed by atoms with Gasteiger partial charge in [-0.25, -0.2) is 9.59 Å². The summed E-state index contributed by atoms with van der Waals surface area (Å²) in [6, 6.07) is 21.6. The highest BCUT2D eigenvalue weighted by Gasteiger charge is 2.43. The number of carbonyl (C=O) groups excluding carboxylic acids is 3. The van der Waals surface area contributed by atoms with Crippen LogP contribution in [0.4, 0.5) is 11.4 Å². The molecule has 0 aromatic heterocycles. The summed E-state index contributed by atoms with van der Waals surface area (Å²) in [5.41, 5.74) is 6.84. The Labute approximate surface area is 240 Å². The summed E-state index contributed by atoms with van der Waals surface area (Å²) in [4.78, 5) is 41.3. The van der Waals surface area contributed by atoms with Gasteiger partial charge in [-0.3, -0.25) is 9.69 Å². The van der Waals surface area contributed by atoms with E-state index < -0.39 is 23.8 Å². The lowest BCUT2D eigenvalue weighted by Gasteiger charge is -2.36. The molecule has 0 radical (unpaired) electrons. The van der Waals surface area contributed by atoms with Crippen LogP contribution < -0.4 is 16.0 Å². The molecule has 0 aliphatic carbocycles. The van der Waals surface area contributed by atoms with E-state index in [4.69, 9.17) is 38.4 Å². The number of benzene rings is 3. The van der Waals surface area contributed by atoms with Crippen LogP contribution in [0, 0.1) is 11.3 Å². The Morgan fingerprint density at radius 1 is 0.900 bits per heavy atom. The number of methoxy groups -OCH3 is 2. The van der Waals surface area contributed by atoms with Crippen molar-refractivity contribution in [2.45, 2.75) is 5.92 Å². The van der Waals surface area contributed by atoms with E-state index in [0.29, 0.717) is 5.56 Å². The van der Waals surface area contributed by atoms with Gasteiger partial charge in [0.1, 0.15) is 11.5 Å². The number of carbonyl (C=O) groups is 3. The lowest BCUT2D eigenvalue weighted by Crippen LogP contribution is -2.41. The van der Waals surface area contributed by atoms with E-state index in [2.05, 4.69) is 11.4 Å². The third kappa shape index (κ3) is 5.10. The molecule has 3 N–H and O–H groups in total. The van der Waals surface area contributed by atoms with Crippen molar-refractivity contribution in [3.63, 3.8) is 0 Å². The minimum atomic E-state index is -1.05.